The summed E-state index contributed by atoms with van der Waals surface area (Å²) in [7, 11) is -3.65. The second-order valence-electron chi connectivity index (χ2n) is 7.09. The van der Waals surface area contributed by atoms with Crippen LogP contribution in [0.4, 0.5) is 0 Å². The summed E-state index contributed by atoms with van der Waals surface area (Å²) in [6.07, 6.45) is 0.621. The van der Waals surface area contributed by atoms with Gasteiger partial charge in [-0.25, -0.2) is 8.42 Å². The van der Waals surface area contributed by atoms with Crippen LogP contribution in [-0.4, -0.2) is 71.3 Å². The lowest BCUT2D eigenvalue weighted by Gasteiger charge is -2.26. The van der Waals surface area contributed by atoms with Gasteiger partial charge in [0.1, 0.15) is 0 Å². The minimum Gasteiger partial charge on any atom is -0.396 e. The maximum Gasteiger partial charge on any atom is 0.243 e. The molecule has 2 aromatic carbocycles. The Balaban J connectivity index is 1.76. The van der Waals surface area contributed by atoms with Crippen LogP contribution in [0.1, 0.15) is 6.42 Å². The minimum atomic E-state index is -3.65. The number of thioether (sulfide) groups is 1. The smallest absolute Gasteiger partial charge is 0.243 e. The van der Waals surface area contributed by atoms with E-state index in [0.29, 0.717) is 60.0 Å². The third kappa shape index (κ3) is 5.00. The number of ether oxygens (including phenoxy) is 1. The fraction of sp³-hybridized carbons (Fsp3) is 0.333. The first-order valence-corrected chi connectivity index (χ1v) is 12.9. The van der Waals surface area contributed by atoms with Gasteiger partial charge in [0.15, 0.2) is 11.0 Å². The molecule has 4 rings (SSSR count). The monoisotopic (exact) mass is 494 g/mol. The first kappa shape index (κ1) is 23.2. The lowest BCUT2D eigenvalue weighted by atomic mass is 10.2. The van der Waals surface area contributed by atoms with Crippen molar-refractivity contribution in [2.24, 2.45) is 0 Å². The molecule has 1 aliphatic rings. The van der Waals surface area contributed by atoms with E-state index in [1.165, 1.54) is 16.1 Å². The van der Waals surface area contributed by atoms with Gasteiger partial charge in [-0.05, 0) is 36.8 Å². The van der Waals surface area contributed by atoms with Gasteiger partial charge in [0.2, 0.25) is 10.0 Å². The first-order valence-electron chi connectivity index (χ1n) is 10.1. The zero-order chi connectivity index (χ0) is 22.6. The molecule has 0 bridgehead atoms. The number of halogens is 1. The van der Waals surface area contributed by atoms with E-state index in [-0.39, 0.29) is 11.5 Å². The number of nitrogens with zero attached hydrogens (tertiary/aromatic N) is 4. The average molecular weight is 495 g/mol. The molecular formula is C21H23ClN4O4S2. The molecule has 0 atom stereocenters. The SMILES string of the molecule is O=S(=O)(c1cccc(-c2nnc(SCCCO)n2-c2cccc(Cl)c2)c1)N1CCOCC1. The van der Waals surface area contributed by atoms with Gasteiger partial charge < -0.3 is 9.84 Å². The van der Waals surface area contributed by atoms with E-state index in [9.17, 15) is 8.42 Å². The molecule has 32 heavy (non-hydrogen) atoms. The molecule has 1 N–H and O–H groups in total. The van der Waals surface area contributed by atoms with Crippen molar-refractivity contribution in [3.8, 4) is 17.1 Å². The van der Waals surface area contributed by atoms with Crippen molar-refractivity contribution in [3.05, 3.63) is 53.6 Å². The van der Waals surface area contributed by atoms with Crippen LogP contribution in [0.2, 0.25) is 5.02 Å². The van der Waals surface area contributed by atoms with Gasteiger partial charge in [0, 0.05) is 36.0 Å². The molecule has 0 aliphatic carbocycles. The predicted octanol–water partition coefficient (Wildman–Crippen LogP) is 3.08. The second-order valence-corrected chi connectivity index (χ2v) is 10.5. The second kappa shape index (κ2) is 10.3. The number of rotatable bonds is 8. The van der Waals surface area contributed by atoms with Gasteiger partial charge >= 0.3 is 0 Å². The highest BCUT2D eigenvalue weighted by atomic mass is 35.5. The van der Waals surface area contributed by atoms with Crippen LogP contribution in [0.5, 0.6) is 0 Å². The quantitative estimate of drug-likeness (QED) is 0.379. The average Bonchev–Trinajstić information content (AvgIpc) is 3.24. The Bertz CT molecular complexity index is 1180. The molecule has 8 nitrogen and oxygen atoms in total. The molecular weight excluding hydrogens is 472 g/mol. The summed E-state index contributed by atoms with van der Waals surface area (Å²) in [4.78, 5) is 0.201. The Kier molecular flexibility index (Phi) is 7.49. The number of sulfonamides is 1. The van der Waals surface area contributed by atoms with Crippen LogP contribution in [0.3, 0.4) is 0 Å². The number of hydrogen-bond donors (Lipinski definition) is 1. The standard InChI is InChI=1S/C21H23ClN4O4S2/c22-17-5-2-6-18(15-17)26-20(23-24-21(26)31-13-3-10-27)16-4-1-7-19(14-16)32(28,29)25-8-11-30-12-9-25/h1-2,4-7,14-15,27H,3,8-13H2. The van der Waals surface area contributed by atoms with Crippen LogP contribution in [0.25, 0.3) is 17.1 Å². The van der Waals surface area contributed by atoms with Crippen molar-refractivity contribution in [2.45, 2.75) is 16.5 Å². The summed E-state index contributed by atoms with van der Waals surface area (Å²) in [5.41, 5.74) is 1.39. The van der Waals surface area contributed by atoms with Crippen LogP contribution < -0.4 is 0 Å². The fourth-order valence-electron chi connectivity index (χ4n) is 3.36. The van der Waals surface area contributed by atoms with Gasteiger partial charge in [-0.2, -0.15) is 4.31 Å². The molecule has 1 saturated heterocycles. The molecule has 0 amide bonds. The molecule has 11 heteroatoms. The van der Waals surface area contributed by atoms with Crippen LogP contribution >= 0.6 is 23.4 Å². The Morgan fingerprint density at radius 1 is 1.09 bits per heavy atom. The van der Waals surface area contributed by atoms with Gasteiger partial charge in [-0.1, -0.05) is 41.6 Å². The summed E-state index contributed by atoms with van der Waals surface area (Å²) in [5, 5.41) is 19.0. The number of aliphatic hydroxyl groups excluding tert-OH is 1. The number of aromatic nitrogens is 3. The molecule has 170 valence electrons. The van der Waals surface area contributed by atoms with Crippen molar-refractivity contribution < 1.29 is 18.3 Å². The summed E-state index contributed by atoms with van der Waals surface area (Å²) in [6.45, 7) is 1.52. The van der Waals surface area contributed by atoms with Crippen molar-refractivity contribution in [1.82, 2.24) is 19.1 Å². The molecule has 1 fully saturated rings. The lowest BCUT2D eigenvalue weighted by molar-refractivity contribution is 0.0730. The van der Waals surface area contributed by atoms with E-state index < -0.39 is 10.0 Å². The van der Waals surface area contributed by atoms with E-state index in [1.807, 2.05) is 22.8 Å². The number of hydrogen-bond acceptors (Lipinski definition) is 7. The third-order valence-electron chi connectivity index (χ3n) is 4.93. The van der Waals surface area contributed by atoms with Crippen LogP contribution in [0, 0.1) is 0 Å². The predicted molar refractivity (Wildman–Crippen MR) is 124 cm³/mol. The molecule has 1 aliphatic heterocycles. The van der Waals surface area contributed by atoms with Gasteiger partial charge in [0.05, 0.1) is 23.8 Å². The molecule has 1 aromatic heterocycles. The normalized spacial score (nSPS) is 15.2. The van der Waals surface area contributed by atoms with Crippen molar-refractivity contribution >= 4 is 33.4 Å². The van der Waals surface area contributed by atoms with E-state index in [2.05, 4.69) is 10.2 Å². The van der Waals surface area contributed by atoms with Gasteiger partial charge in [-0.15, -0.1) is 10.2 Å². The summed E-state index contributed by atoms with van der Waals surface area (Å²) in [5.74, 6) is 1.18. The zero-order valence-corrected chi connectivity index (χ0v) is 19.6. The van der Waals surface area contributed by atoms with Crippen LogP contribution in [-0.2, 0) is 14.8 Å². The third-order valence-corrected chi connectivity index (χ3v) is 8.08. The Hall–Kier alpha value is -1.95. The number of aliphatic hydroxyl groups is 1. The summed E-state index contributed by atoms with van der Waals surface area (Å²) >= 11 is 7.69. The van der Waals surface area contributed by atoms with E-state index in [4.69, 9.17) is 21.4 Å². The highest BCUT2D eigenvalue weighted by Crippen LogP contribution is 2.31. The van der Waals surface area contributed by atoms with E-state index in [1.54, 1.807) is 30.3 Å². The topological polar surface area (TPSA) is 97.6 Å². The molecule has 2 heterocycles. The van der Waals surface area contributed by atoms with E-state index >= 15 is 0 Å². The van der Waals surface area contributed by atoms with Crippen molar-refractivity contribution in [2.75, 3.05) is 38.7 Å². The fourth-order valence-corrected chi connectivity index (χ4v) is 5.87. The number of benzene rings is 2. The molecule has 0 saturated carbocycles. The first-order chi connectivity index (χ1) is 15.5. The molecule has 0 radical (unpaired) electrons. The van der Waals surface area contributed by atoms with Crippen molar-refractivity contribution in [1.29, 1.82) is 0 Å². The molecule has 0 spiro atoms. The van der Waals surface area contributed by atoms with E-state index in [0.717, 1.165) is 5.69 Å². The molecule has 3 aromatic rings. The Morgan fingerprint density at radius 3 is 2.62 bits per heavy atom. The maximum atomic E-state index is 13.1. The minimum absolute atomic E-state index is 0.0899. The lowest BCUT2D eigenvalue weighted by Crippen LogP contribution is -2.40. The largest absolute Gasteiger partial charge is 0.396 e. The Labute approximate surface area is 196 Å². The van der Waals surface area contributed by atoms with Crippen LogP contribution in [0.15, 0.2) is 58.6 Å². The Morgan fingerprint density at radius 2 is 1.88 bits per heavy atom. The van der Waals surface area contributed by atoms with Crippen molar-refractivity contribution in [3.63, 3.8) is 0 Å². The van der Waals surface area contributed by atoms with Gasteiger partial charge in [0.25, 0.3) is 0 Å². The summed E-state index contributed by atoms with van der Waals surface area (Å²) < 4.78 is 34.8. The highest BCUT2D eigenvalue weighted by molar-refractivity contribution is 7.99. The van der Waals surface area contributed by atoms with Gasteiger partial charge in [-0.3, -0.25) is 4.57 Å². The highest BCUT2D eigenvalue weighted by Gasteiger charge is 2.27. The number of morpholine rings is 1. The molecule has 0 unspecified atom stereocenters. The zero-order valence-electron chi connectivity index (χ0n) is 17.2. The summed E-state index contributed by atoms with van der Waals surface area (Å²) in [6, 6.07) is 14.0. The maximum absolute atomic E-state index is 13.1.